The summed E-state index contributed by atoms with van der Waals surface area (Å²) in [6, 6.07) is 7.10. The Labute approximate surface area is 208 Å². The quantitative estimate of drug-likeness (QED) is 0.372. The Morgan fingerprint density at radius 3 is 2.71 bits per heavy atom. The molecule has 6 N–H and O–H groups in total. The first-order valence-electron chi connectivity index (χ1n) is 11.4. The van der Waals surface area contributed by atoms with Crippen molar-refractivity contribution in [1.29, 1.82) is 0 Å². The molecule has 182 valence electrons. The summed E-state index contributed by atoms with van der Waals surface area (Å²) in [5.74, 6) is -0.484. The van der Waals surface area contributed by atoms with E-state index < -0.39 is 0 Å². The zero-order chi connectivity index (χ0) is 24.4. The van der Waals surface area contributed by atoms with E-state index in [1.165, 1.54) is 11.8 Å². The van der Waals surface area contributed by atoms with Crippen LogP contribution in [0.3, 0.4) is 0 Å². The van der Waals surface area contributed by atoms with Crippen molar-refractivity contribution < 1.29 is 9.59 Å². The fraction of sp³-hybridized carbons (Fsp3) is 0.417. The minimum Gasteiger partial charge on any atom is -0.401 e. The highest BCUT2D eigenvalue weighted by atomic mass is 35.5. The Hall–Kier alpha value is -2.46. The lowest BCUT2D eigenvalue weighted by atomic mass is 10.1. The number of carbonyl (C=O) groups is 2. The van der Waals surface area contributed by atoms with Gasteiger partial charge in [0.2, 0.25) is 0 Å². The lowest BCUT2D eigenvalue weighted by Crippen LogP contribution is -2.51. The minimum atomic E-state index is -0.252. The number of H-pyrrole nitrogens is 1. The molecular weight excluding hydrogens is 472 g/mol. The van der Waals surface area contributed by atoms with Gasteiger partial charge in [-0.2, -0.15) is 0 Å². The first-order chi connectivity index (χ1) is 16.2. The van der Waals surface area contributed by atoms with E-state index in [2.05, 4.69) is 46.3 Å². The number of rotatable bonds is 7. The van der Waals surface area contributed by atoms with E-state index >= 15 is 0 Å². The number of aromatic amines is 1. The molecule has 3 heterocycles. The van der Waals surface area contributed by atoms with Gasteiger partial charge in [-0.15, -0.1) is 0 Å². The van der Waals surface area contributed by atoms with E-state index in [0.29, 0.717) is 34.8 Å². The number of hydrogen-bond acceptors (Lipinski definition) is 6. The average molecular weight is 503 g/mol. The molecule has 1 aromatic carbocycles. The summed E-state index contributed by atoms with van der Waals surface area (Å²) >= 11 is 7.38. The van der Waals surface area contributed by atoms with Crippen LogP contribution in [-0.4, -0.2) is 66.0 Å². The topological polar surface area (TPSA) is 115 Å². The van der Waals surface area contributed by atoms with Crippen molar-refractivity contribution in [1.82, 2.24) is 25.8 Å². The van der Waals surface area contributed by atoms with E-state index in [4.69, 9.17) is 17.3 Å². The van der Waals surface area contributed by atoms with Gasteiger partial charge in [0.15, 0.2) is 0 Å². The monoisotopic (exact) mass is 502 g/mol. The van der Waals surface area contributed by atoms with E-state index in [1.54, 1.807) is 12.1 Å². The summed E-state index contributed by atoms with van der Waals surface area (Å²) in [4.78, 5) is 32.5. The number of carbonyl (C=O) groups excluding carboxylic acids is 2. The zero-order valence-corrected chi connectivity index (χ0v) is 21.0. The van der Waals surface area contributed by atoms with E-state index in [9.17, 15) is 9.59 Å². The molecule has 0 radical (unpaired) electrons. The molecular formula is C24H31ClN6O2S. The number of fused-ring (bicyclic) bond motifs is 1. The third-order valence-corrected chi connectivity index (χ3v) is 7.58. The number of nitrogens with zero attached hydrogens (tertiary/aromatic N) is 1. The van der Waals surface area contributed by atoms with E-state index in [-0.39, 0.29) is 23.9 Å². The number of amides is 2. The maximum Gasteiger partial charge on any atom is 0.268 e. The van der Waals surface area contributed by atoms with Crippen molar-refractivity contribution in [3.63, 3.8) is 0 Å². The zero-order valence-electron chi connectivity index (χ0n) is 19.4. The van der Waals surface area contributed by atoms with Gasteiger partial charge in [-0.05, 0) is 38.1 Å². The molecule has 0 bridgehead atoms. The van der Waals surface area contributed by atoms with Gasteiger partial charge in [0.25, 0.3) is 11.8 Å². The summed E-state index contributed by atoms with van der Waals surface area (Å²) in [6.45, 7) is 11.0. The van der Waals surface area contributed by atoms with Crippen molar-refractivity contribution in [2.24, 2.45) is 5.73 Å². The number of hydrogen-bond donors (Lipinski definition) is 5. The van der Waals surface area contributed by atoms with Gasteiger partial charge >= 0.3 is 0 Å². The molecule has 2 aromatic rings. The third kappa shape index (κ3) is 5.60. The molecule has 2 atom stereocenters. The molecule has 0 saturated carbocycles. The standard InChI is InChI=1S/C24H31ClN6O2S/c1-13(2)31-7-6-17(26)22(12-31)34-14(3)23(32)29-20-10-27-11-21(20)30-24(33)19-9-15-8-16(25)4-5-18(15)28-19/h4-5,8-9,13,20-21,27-28H,3,6-7,10-12,26H2,1-2H3,(H,29,32)(H,30,33)/t20-,21-/m1/s1. The lowest BCUT2D eigenvalue weighted by Gasteiger charge is -2.32. The van der Waals surface area contributed by atoms with Crippen LogP contribution in [0.5, 0.6) is 0 Å². The van der Waals surface area contributed by atoms with Crippen LogP contribution in [0.2, 0.25) is 5.02 Å². The number of nitrogens with one attached hydrogen (secondary N) is 4. The summed E-state index contributed by atoms with van der Waals surface area (Å²) in [7, 11) is 0. The van der Waals surface area contributed by atoms with Gasteiger partial charge in [0, 0.05) is 65.2 Å². The van der Waals surface area contributed by atoms with Crippen molar-refractivity contribution in [2.45, 2.75) is 38.4 Å². The lowest BCUT2D eigenvalue weighted by molar-refractivity contribution is -0.117. The highest BCUT2D eigenvalue weighted by molar-refractivity contribution is 8.07. The maximum atomic E-state index is 12.9. The van der Waals surface area contributed by atoms with Gasteiger partial charge < -0.3 is 26.7 Å². The molecule has 0 aliphatic carbocycles. The first-order valence-corrected chi connectivity index (χ1v) is 12.6. The predicted molar refractivity (Wildman–Crippen MR) is 139 cm³/mol. The Bertz CT molecular complexity index is 1140. The summed E-state index contributed by atoms with van der Waals surface area (Å²) < 4.78 is 0. The predicted octanol–water partition coefficient (Wildman–Crippen LogP) is 2.54. The van der Waals surface area contributed by atoms with E-state index in [1.807, 2.05) is 12.1 Å². The molecule has 0 spiro atoms. The van der Waals surface area contributed by atoms with Gasteiger partial charge in [-0.1, -0.05) is 29.9 Å². The van der Waals surface area contributed by atoms with Gasteiger partial charge in [0.05, 0.1) is 17.0 Å². The maximum absolute atomic E-state index is 12.9. The molecule has 0 unspecified atom stereocenters. The van der Waals surface area contributed by atoms with Crippen LogP contribution in [0.1, 0.15) is 30.8 Å². The number of thioether (sulfide) groups is 1. The largest absolute Gasteiger partial charge is 0.401 e. The molecule has 10 heteroatoms. The van der Waals surface area contributed by atoms with Crippen LogP contribution < -0.4 is 21.7 Å². The Balaban J connectivity index is 1.35. The van der Waals surface area contributed by atoms with Crippen LogP contribution in [0, 0.1) is 0 Å². The summed E-state index contributed by atoms with van der Waals surface area (Å²) in [5.41, 5.74) is 8.32. The first kappa shape index (κ1) is 24.7. The molecule has 34 heavy (non-hydrogen) atoms. The molecule has 2 amide bonds. The molecule has 1 aromatic heterocycles. The molecule has 1 saturated heterocycles. The van der Waals surface area contributed by atoms with E-state index in [0.717, 1.165) is 41.0 Å². The second-order valence-corrected chi connectivity index (χ2v) is 10.6. The van der Waals surface area contributed by atoms with Crippen molar-refractivity contribution in [3.8, 4) is 0 Å². The van der Waals surface area contributed by atoms with Crippen molar-refractivity contribution in [3.05, 3.63) is 57.1 Å². The third-order valence-electron chi connectivity index (χ3n) is 6.28. The normalized spacial score (nSPS) is 21.3. The Morgan fingerprint density at radius 1 is 1.24 bits per heavy atom. The van der Waals surface area contributed by atoms with Crippen molar-refractivity contribution >= 4 is 46.1 Å². The van der Waals surface area contributed by atoms with Crippen LogP contribution in [0.15, 0.2) is 46.4 Å². The molecule has 2 aliphatic heterocycles. The Morgan fingerprint density at radius 2 is 1.97 bits per heavy atom. The van der Waals surface area contributed by atoms with Crippen LogP contribution in [0.25, 0.3) is 10.9 Å². The smallest absolute Gasteiger partial charge is 0.268 e. The van der Waals surface area contributed by atoms with Crippen LogP contribution in [-0.2, 0) is 4.79 Å². The van der Waals surface area contributed by atoms with Crippen LogP contribution in [0.4, 0.5) is 0 Å². The van der Waals surface area contributed by atoms with Crippen LogP contribution >= 0.6 is 23.4 Å². The van der Waals surface area contributed by atoms with Gasteiger partial charge in [-0.3, -0.25) is 14.5 Å². The fourth-order valence-electron chi connectivity index (χ4n) is 4.21. The molecule has 4 rings (SSSR count). The fourth-order valence-corrected chi connectivity index (χ4v) is 5.30. The van der Waals surface area contributed by atoms with Gasteiger partial charge in [-0.25, -0.2) is 0 Å². The number of nitrogens with two attached hydrogens (primary N) is 1. The average Bonchev–Trinajstić information content (AvgIpc) is 3.41. The molecule has 2 aliphatic rings. The highest BCUT2D eigenvalue weighted by Gasteiger charge is 2.31. The number of halogens is 1. The number of aromatic nitrogens is 1. The highest BCUT2D eigenvalue weighted by Crippen LogP contribution is 2.31. The Kier molecular flexibility index (Phi) is 7.57. The second-order valence-electron chi connectivity index (χ2n) is 9.02. The number of benzene rings is 1. The summed E-state index contributed by atoms with van der Waals surface area (Å²) in [5, 5.41) is 10.8. The summed E-state index contributed by atoms with van der Waals surface area (Å²) in [6.07, 6.45) is 0.788. The minimum absolute atomic E-state index is 0.234. The second kappa shape index (κ2) is 10.4. The van der Waals surface area contributed by atoms with Crippen molar-refractivity contribution in [2.75, 3.05) is 26.2 Å². The molecule has 8 nitrogen and oxygen atoms in total. The molecule has 1 fully saturated rings. The van der Waals surface area contributed by atoms with Gasteiger partial charge in [0.1, 0.15) is 5.69 Å². The SMILES string of the molecule is C=C(SC1=C(N)CCN(C(C)C)C1)C(=O)N[C@@H]1CNC[C@H]1NC(=O)c1cc2cc(Cl)ccc2[nH]1.